The zero-order valence-corrected chi connectivity index (χ0v) is 17.4. The van der Waals surface area contributed by atoms with E-state index in [9.17, 15) is 10.1 Å². The minimum absolute atomic E-state index is 0.108. The van der Waals surface area contributed by atoms with E-state index in [2.05, 4.69) is 20.6 Å². The van der Waals surface area contributed by atoms with Gasteiger partial charge in [-0.2, -0.15) is 0 Å². The predicted molar refractivity (Wildman–Crippen MR) is 122 cm³/mol. The molecule has 2 N–H and O–H groups in total. The normalized spacial score (nSPS) is 14.7. The maximum atomic E-state index is 12.1. The second kappa shape index (κ2) is 10.0. The molecule has 7 nitrogen and oxygen atoms in total. The van der Waals surface area contributed by atoms with Gasteiger partial charge in [0.25, 0.3) is 0 Å². The highest BCUT2D eigenvalue weighted by atomic mass is 16.6. The molecule has 0 saturated heterocycles. The summed E-state index contributed by atoms with van der Waals surface area (Å²) in [7, 11) is 0. The third kappa shape index (κ3) is 5.17. The summed E-state index contributed by atoms with van der Waals surface area (Å²) in [6.45, 7) is 0. The second-order valence-electron chi connectivity index (χ2n) is 7.91. The van der Waals surface area contributed by atoms with Crippen molar-refractivity contribution in [2.45, 2.75) is 50.6 Å². The van der Waals surface area contributed by atoms with Gasteiger partial charge in [-0.1, -0.05) is 86.3 Å². The third-order valence-electron chi connectivity index (χ3n) is 5.75. The summed E-state index contributed by atoms with van der Waals surface area (Å²) < 4.78 is 0. The lowest BCUT2D eigenvalue weighted by molar-refractivity contribution is -0.383. The van der Waals surface area contributed by atoms with Gasteiger partial charge < -0.3 is 10.6 Å². The van der Waals surface area contributed by atoms with Gasteiger partial charge in [-0.25, -0.2) is 9.97 Å². The first kappa shape index (κ1) is 20.8. The molecule has 0 radical (unpaired) electrons. The number of nitrogens with zero attached hydrogens (tertiary/aromatic N) is 3. The van der Waals surface area contributed by atoms with Crippen LogP contribution in [0.25, 0.3) is 0 Å². The first-order valence-corrected chi connectivity index (χ1v) is 10.8. The van der Waals surface area contributed by atoms with Gasteiger partial charge in [-0.15, -0.1) is 0 Å². The monoisotopic (exact) mass is 417 g/mol. The number of hydrogen-bond acceptors (Lipinski definition) is 6. The maximum absolute atomic E-state index is 12.1. The van der Waals surface area contributed by atoms with Crippen LogP contribution in [-0.2, 0) is 0 Å². The van der Waals surface area contributed by atoms with Gasteiger partial charge in [0, 0.05) is 6.04 Å². The average Bonchev–Trinajstić information content (AvgIpc) is 3.07. The Kier molecular flexibility index (Phi) is 6.72. The summed E-state index contributed by atoms with van der Waals surface area (Å²) in [5.74, 6) is 0.503. The van der Waals surface area contributed by atoms with Gasteiger partial charge in [0.1, 0.15) is 6.33 Å². The van der Waals surface area contributed by atoms with E-state index in [1.165, 1.54) is 19.2 Å². The van der Waals surface area contributed by atoms with Crippen LogP contribution in [-0.4, -0.2) is 20.9 Å². The number of rotatable bonds is 7. The summed E-state index contributed by atoms with van der Waals surface area (Å²) >= 11 is 0. The molecule has 0 amide bonds. The van der Waals surface area contributed by atoms with Crippen LogP contribution in [0.3, 0.4) is 0 Å². The Morgan fingerprint density at radius 3 is 1.94 bits per heavy atom. The third-order valence-corrected chi connectivity index (χ3v) is 5.75. The number of nitrogens with one attached hydrogen (secondary N) is 2. The number of aromatic nitrogens is 2. The number of nitro groups is 1. The molecule has 0 spiro atoms. The molecular weight excluding hydrogens is 390 g/mol. The summed E-state index contributed by atoms with van der Waals surface area (Å²) in [5.41, 5.74) is 1.89. The van der Waals surface area contributed by atoms with E-state index in [4.69, 9.17) is 0 Å². The molecule has 160 valence electrons. The zero-order chi connectivity index (χ0) is 21.5. The molecule has 1 fully saturated rings. The molecule has 0 aliphatic heterocycles. The minimum Gasteiger partial charge on any atom is -0.361 e. The summed E-state index contributed by atoms with van der Waals surface area (Å²) in [5, 5.41) is 18.7. The van der Waals surface area contributed by atoms with Gasteiger partial charge in [0.2, 0.25) is 11.6 Å². The van der Waals surface area contributed by atoms with Crippen LogP contribution in [0.1, 0.15) is 55.7 Å². The van der Waals surface area contributed by atoms with E-state index in [1.54, 1.807) is 0 Å². The molecule has 0 atom stereocenters. The van der Waals surface area contributed by atoms with Gasteiger partial charge >= 0.3 is 5.69 Å². The number of hydrogen-bond donors (Lipinski definition) is 2. The molecule has 2 aromatic carbocycles. The van der Waals surface area contributed by atoms with E-state index in [1.807, 2.05) is 60.7 Å². The smallest absolute Gasteiger partial charge is 0.353 e. The average molecular weight is 418 g/mol. The Morgan fingerprint density at radius 1 is 0.839 bits per heavy atom. The topological polar surface area (TPSA) is 93.0 Å². The molecule has 1 aliphatic rings. The van der Waals surface area contributed by atoms with Gasteiger partial charge in [0.05, 0.1) is 11.0 Å². The van der Waals surface area contributed by atoms with Crippen LogP contribution >= 0.6 is 0 Å². The van der Waals surface area contributed by atoms with Crippen molar-refractivity contribution in [3.8, 4) is 0 Å². The Morgan fingerprint density at radius 2 is 1.39 bits per heavy atom. The summed E-state index contributed by atoms with van der Waals surface area (Å²) in [6.07, 6.45) is 8.08. The van der Waals surface area contributed by atoms with Crippen molar-refractivity contribution in [1.82, 2.24) is 9.97 Å². The molecule has 0 unspecified atom stereocenters. The number of anilines is 2. The maximum Gasteiger partial charge on any atom is 0.353 e. The van der Waals surface area contributed by atoms with Crippen molar-refractivity contribution in [3.63, 3.8) is 0 Å². The SMILES string of the molecule is O=[N+]([O-])c1c(NC2CCCCCC2)ncnc1NC(c1ccccc1)c1ccccc1. The van der Waals surface area contributed by atoms with E-state index in [-0.39, 0.29) is 29.4 Å². The molecule has 31 heavy (non-hydrogen) atoms. The van der Waals surface area contributed by atoms with E-state index < -0.39 is 4.92 Å². The standard InChI is InChI=1S/C24H27N5O2/c30-29(31)22-23(27-20-15-9-1-2-10-16-20)25-17-26-24(22)28-21(18-11-5-3-6-12-18)19-13-7-4-8-14-19/h3-8,11-14,17,20-21H,1-2,9-10,15-16H2,(H2,25,26,27,28). The minimum atomic E-state index is -0.394. The van der Waals surface area contributed by atoms with Gasteiger partial charge in [-0.3, -0.25) is 10.1 Å². The fourth-order valence-corrected chi connectivity index (χ4v) is 4.17. The highest BCUT2D eigenvalue weighted by Gasteiger charge is 2.27. The van der Waals surface area contributed by atoms with Crippen molar-refractivity contribution >= 4 is 17.3 Å². The van der Waals surface area contributed by atoms with Crippen molar-refractivity contribution in [2.75, 3.05) is 10.6 Å². The van der Waals surface area contributed by atoms with E-state index in [0.29, 0.717) is 0 Å². The molecule has 1 aliphatic carbocycles. The lowest BCUT2D eigenvalue weighted by Gasteiger charge is -2.21. The molecule has 4 rings (SSSR count). The van der Waals surface area contributed by atoms with Crippen LogP contribution < -0.4 is 10.6 Å². The number of benzene rings is 2. The van der Waals surface area contributed by atoms with E-state index in [0.717, 1.165) is 36.8 Å². The van der Waals surface area contributed by atoms with Crippen molar-refractivity contribution < 1.29 is 4.92 Å². The first-order valence-electron chi connectivity index (χ1n) is 10.8. The largest absolute Gasteiger partial charge is 0.361 e. The summed E-state index contributed by atoms with van der Waals surface area (Å²) in [4.78, 5) is 20.2. The molecular formula is C24H27N5O2. The highest BCUT2D eigenvalue weighted by Crippen LogP contribution is 2.35. The highest BCUT2D eigenvalue weighted by molar-refractivity contribution is 5.70. The Labute approximate surface area is 182 Å². The zero-order valence-electron chi connectivity index (χ0n) is 17.4. The van der Waals surface area contributed by atoms with Crippen molar-refractivity contribution in [3.05, 3.63) is 88.2 Å². The lowest BCUT2D eigenvalue weighted by atomic mass is 9.98. The quantitative estimate of drug-likeness (QED) is 0.290. The van der Waals surface area contributed by atoms with Crippen LogP contribution in [0.4, 0.5) is 17.3 Å². The molecule has 7 heteroatoms. The molecule has 0 bridgehead atoms. The Bertz CT molecular complexity index is 950. The van der Waals surface area contributed by atoms with Crippen LogP contribution in [0.2, 0.25) is 0 Å². The first-order chi connectivity index (χ1) is 15.2. The van der Waals surface area contributed by atoms with Crippen LogP contribution in [0.15, 0.2) is 67.0 Å². The van der Waals surface area contributed by atoms with Gasteiger partial charge in [-0.05, 0) is 24.0 Å². The lowest BCUT2D eigenvalue weighted by Crippen LogP contribution is -2.21. The summed E-state index contributed by atoms with van der Waals surface area (Å²) in [6, 6.07) is 19.7. The van der Waals surface area contributed by atoms with Crippen LogP contribution in [0, 0.1) is 10.1 Å². The van der Waals surface area contributed by atoms with Crippen molar-refractivity contribution in [1.29, 1.82) is 0 Å². The molecule has 3 aromatic rings. The molecule has 1 heterocycles. The molecule has 1 saturated carbocycles. The van der Waals surface area contributed by atoms with Crippen LogP contribution in [0.5, 0.6) is 0 Å². The van der Waals surface area contributed by atoms with Crippen molar-refractivity contribution in [2.24, 2.45) is 0 Å². The fraction of sp³-hybridized carbons (Fsp3) is 0.333. The fourth-order valence-electron chi connectivity index (χ4n) is 4.17. The van der Waals surface area contributed by atoms with Gasteiger partial charge in [0.15, 0.2) is 0 Å². The predicted octanol–water partition coefficient (Wildman–Crippen LogP) is 5.72. The Balaban J connectivity index is 1.68. The molecule has 1 aromatic heterocycles. The Hall–Kier alpha value is -3.48. The van der Waals surface area contributed by atoms with E-state index >= 15 is 0 Å². The second-order valence-corrected chi connectivity index (χ2v) is 7.91.